The highest BCUT2D eigenvalue weighted by Gasteiger charge is 1.59. The fourth-order valence-corrected chi connectivity index (χ4v) is 0. The summed E-state index contributed by atoms with van der Waals surface area (Å²) in [7, 11) is -1.50. The first-order valence-corrected chi connectivity index (χ1v) is 3.49. The van der Waals surface area contributed by atoms with E-state index in [0.717, 1.165) is 12.3 Å². The lowest BCUT2D eigenvalue weighted by molar-refractivity contribution is 0.524. The Morgan fingerprint density at radius 1 is 1.86 bits per heavy atom. The van der Waals surface area contributed by atoms with Gasteiger partial charge in [-0.3, -0.25) is 4.57 Å². The highest BCUT2D eigenvalue weighted by Crippen LogP contribution is 1.75. The monoisotopic (exact) mass is 144 g/mol. The van der Waals surface area contributed by atoms with Crippen LogP contribution in [0.25, 0.3) is 0 Å². The number of hydrogen-bond donors (Lipinski definition) is 1. The van der Waals surface area contributed by atoms with Gasteiger partial charge in [0.05, 0.1) is 0 Å². The second kappa shape index (κ2) is 16.1. The van der Waals surface area contributed by atoms with E-state index >= 15 is 0 Å². The molecule has 7 heavy (non-hydrogen) atoms. The van der Waals surface area contributed by atoms with Crippen molar-refractivity contribution in [3.05, 3.63) is 0 Å². The molecule has 0 aliphatic carbocycles. The molecule has 1 N–H and O–H groups in total. The molecule has 0 aromatic rings. The third kappa shape index (κ3) is 59.4. The zero-order valence-electron chi connectivity index (χ0n) is 4.22. The standard InChI is InChI=1S/C3H7Cl.H3O2P/c1-2-3-4;1-3-2/h2-3H2,1H3;3H2,(H,1,2). The van der Waals surface area contributed by atoms with E-state index in [4.69, 9.17) is 21.1 Å². The lowest BCUT2D eigenvalue weighted by Crippen LogP contribution is -1.55. The van der Waals surface area contributed by atoms with Gasteiger partial charge in [0.15, 0.2) is 8.69 Å². The molecule has 2 nitrogen and oxygen atoms in total. The summed E-state index contributed by atoms with van der Waals surface area (Å²) in [5.41, 5.74) is 0. The molecule has 1 atom stereocenters. The fraction of sp³-hybridized carbons (Fsp3) is 1.00. The van der Waals surface area contributed by atoms with Crippen molar-refractivity contribution in [3.63, 3.8) is 0 Å². The first-order chi connectivity index (χ1) is 3.33. The summed E-state index contributed by atoms with van der Waals surface area (Å²) >= 11 is 5.19. The minimum atomic E-state index is -1.50. The van der Waals surface area contributed by atoms with Crippen molar-refractivity contribution in [1.82, 2.24) is 0 Å². The van der Waals surface area contributed by atoms with Gasteiger partial charge in [-0.25, -0.2) is 0 Å². The molecule has 0 bridgehead atoms. The molecule has 0 saturated heterocycles. The smallest absolute Gasteiger partial charge is 0.177 e. The molecule has 0 rings (SSSR count). The summed E-state index contributed by atoms with van der Waals surface area (Å²) in [6.45, 7) is 2.05. The van der Waals surface area contributed by atoms with Crippen LogP contribution in [0.3, 0.4) is 0 Å². The van der Waals surface area contributed by atoms with Gasteiger partial charge in [0.1, 0.15) is 0 Å². The molecule has 46 valence electrons. The van der Waals surface area contributed by atoms with Gasteiger partial charge in [-0.2, -0.15) is 0 Å². The van der Waals surface area contributed by atoms with Crippen LogP contribution in [-0.4, -0.2) is 10.8 Å². The van der Waals surface area contributed by atoms with Crippen LogP contribution in [-0.2, 0) is 4.57 Å². The topological polar surface area (TPSA) is 37.3 Å². The van der Waals surface area contributed by atoms with Gasteiger partial charge in [-0.05, 0) is 6.42 Å². The third-order valence-electron chi connectivity index (χ3n) is 0.189. The van der Waals surface area contributed by atoms with E-state index in [1.807, 2.05) is 6.92 Å². The van der Waals surface area contributed by atoms with Crippen LogP contribution in [0.5, 0.6) is 0 Å². The number of alkyl halides is 1. The van der Waals surface area contributed by atoms with Gasteiger partial charge in [0, 0.05) is 5.88 Å². The zero-order valence-corrected chi connectivity index (χ0v) is 6.14. The Hall–Kier alpha value is 0.480. The first-order valence-electron chi connectivity index (χ1n) is 1.97. The minimum absolute atomic E-state index is 0.792. The molecule has 0 amide bonds. The summed E-state index contributed by atoms with van der Waals surface area (Å²) in [6.07, 6.45) is 1.08. The van der Waals surface area contributed by atoms with Crippen LogP contribution in [0.2, 0.25) is 0 Å². The molecule has 1 unspecified atom stereocenters. The van der Waals surface area contributed by atoms with Crippen molar-refractivity contribution in [3.8, 4) is 0 Å². The van der Waals surface area contributed by atoms with Crippen LogP contribution in [0.4, 0.5) is 0 Å². The van der Waals surface area contributed by atoms with Gasteiger partial charge in [0.25, 0.3) is 0 Å². The highest BCUT2D eigenvalue weighted by atomic mass is 35.5. The van der Waals surface area contributed by atoms with E-state index in [0.29, 0.717) is 0 Å². The highest BCUT2D eigenvalue weighted by molar-refractivity contribution is 7.16. The van der Waals surface area contributed by atoms with Crippen molar-refractivity contribution in [2.24, 2.45) is 0 Å². The lowest BCUT2D eigenvalue weighted by atomic mass is 10.6. The molecule has 0 radical (unpaired) electrons. The third-order valence-corrected chi connectivity index (χ3v) is 0.567. The van der Waals surface area contributed by atoms with Crippen molar-refractivity contribution in [2.45, 2.75) is 13.3 Å². The Bertz CT molecular complexity index is 32.1. The zero-order chi connectivity index (χ0) is 6.12. The van der Waals surface area contributed by atoms with E-state index in [1.165, 1.54) is 0 Å². The van der Waals surface area contributed by atoms with Crippen molar-refractivity contribution in [1.29, 1.82) is 0 Å². The average molecular weight is 145 g/mol. The predicted octanol–water partition coefficient (Wildman–Crippen LogP) is 1.29. The molecule has 0 saturated carbocycles. The molecule has 0 aromatic carbocycles. The fourth-order valence-electron chi connectivity index (χ4n) is 0. The van der Waals surface area contributed by atoms with Gasteiger partial charge in [-0.1, -0.05) is 6.92 Å². The number of halogens is 1. The van der Waals surface area contributed by atoms with Gasteiger partial charge in [-0.15, -0.1) is 11.6 Å². The Morgan fingerprint density at radius 3 is 2.00 bits per heavy atom. The van der Waals surface area contributed by atoms with Crippen LogP contribution >= 0.6 is 20.3 Å². The Kier molecular flexibility index (Phi) is 24.0. The SMILES string of the molecule is CCCCl.O=[PH2]O. The van der Waals surface area contributed by atoms with Crippen LogP contribution < -0.4 is 0 Å². The number of rotatable bonds is 1. The molecule has 0 aromatic heterocycles. The van der Waals surface area contributed by atoms with Crippen molar-refractivity contribution < 1.29 is 9.46 Å². The van der Waals surface area contributed by atoms with E-state index in [-0.39, 0.29) is 0 Å². The maximum atomic E-state index is 8.57. The summed E-state index contributed by atoms with van der Waals surface area (Å²) < 4.78 is 8.57. The number of hydrogen-bond acceptors (Lipinski definition) is 1. The molecule has 0 fully saturated rings. The summed E-state index contributed by atoms with van der Waals surface area (Å²) in [4.78, 5) is 7.10. The minimum Gasteiger partial charge on any atom is -0.348 e. The molecular weight excluding hydrogens is 134 g/mol. The van der Waals surface area contributed by atoms with E-state index < -0.39 is 8.69 Å². The molecular formula is C3H10ClO2P. The summed E-state index contributed by atoms with van der Waals surface area (Å²) in [5, 5.41) is 0. The van der Waals surface area contributed by atoms with Gasteiger partial charge < -0.3 is 4.89 Å². The van der Waals surface area contributed by atoms with Crippen LogP contribution in [0.15, 0.2) is 0 Å². The Labute approximate surface area is 49.8 Å². The normalized spacial score (nSPS) is 8.43. The van der Waals surface area contributed by atoms with Crippen LogP contribution in [0.1, 0.15) is 13.3 Å². The quantitative estimate of drug-likeness (QED) is 0.445. The van der Waals surface area contributed by atoms with Gasteiger partial charge in [0.2, 0.25) is 0 Å². The largest absolute Gasteiger partial charge is 0.348 e. The molecule has 0 heterocycles. The molecule has 0 aliphatic rings. The molecule has 0 spiro atoms. The molecule has 4 heteroatoms. The van der Waals surface area contributed by atoms with Gasteiger partial charge >= 0.3 is 0 Å². The predicted molar refractivity (Wildman–Crippen MR) is 33.6 cm³/mol. The summed E-state index contributed by atoms with van der Waals surface area (Å²) in [6, 6.07) is 0. The second-order valence-corrected chi connectivity index (χ2v) is 1.38. The Morgan fingerprint density at radius 2 is 2.00 bits per heavy atom. The maximum absolute atomic E-state index is 8.57. The maximum Gasteiger partial charge on any atom is 0.177 e. The van der Waals surface area contributed by atoms with Crippen LogP contribution in [0, 0.1) is 0 Å². The Balaban J connectivity index is 0. The summed E-state index contributed by atoms with van der Waals surface area (Å²) in [5.74, 6) is 0.792. The van der Waals surface area contributed by atoms with E-state index in [9.17, 15) is 0 Å². The second-order valence-electron chi connectivity index (χ2n) is 0.794. The van der Waals surface area contributed by atoms with Crippen molar-refractivity contribution in [2.75, 3.05) is 5.88 Å². The average Bonchev–Trinajstić information content (AvgIpc) is 1.69. The lowest BCUT2D eigenvalue weighted by Gasteiger charge is -1.65. The van der Waals surface area contributed by atoms with E-state index in [2.05, 4.69) is 0 Å². The first kappa shape index (κ1) is 10.5. The molecule has 0 aliphatic heterocycles. The van der Waals surface area contributed by atoms with Crippen molar-refractivity contribution >= 4 is 20.3 Å². The van der Waals surface area contributed by atoms with E-state index in [1.54, 1.807) is 0 Å².